The Morgan fingerprint density at radius 1 is 0.881 bits per heavy atom. The van der Waals surface area contributed by atoms with Crippen LogP contribution in [0, 0.1) is 6.92 Å². The topological polar surface area (TPSA) is 86.0 Å². The number of benzene rings is 4. The zero-order valence-electron chi connectivity index (χ0n) is 23.5. The number of carbonyl (C=O) groups excluding carboxylic acids is 2. The van der Waals surface area contributed by atoms with Crippen molar-refractivity contribution in [2.45, 2.75) is 33.4 Å². The van der Waals surface area contributed by atoms with Crippen molar-refractivity contribution in [3.05, 3.63) is 135 Å². The molecule has 210 valence electrons. The molecule has 1 aliphatic heterocycles. The highest BCUT2D eigenvalue weighted by Crippen LogP contribution is 2.43. The third-order valence-corrected chi connectivity index (χ3v) is 7.40. The van der Waals surface area contributed by atoms with E-state index in [0.29, 0.717) is 52.5 Å². The Balaban J connectivity index is 1.50. The normalized spacial score (nSPS) is 14.2. The van der Waals surface area contributed by atoms with Crippen LogP contribution in [0.1, 0.15) is 63.1 Å². The highest BCUT2D eigenvalue weighted by molar-refractivity contribution is 6.11. The first-order valence-electron chi connectivity index (χ1n) is 13.8. The van der Waals surface area contributed by atoms with Gasteiger partial charge in [-0.05, 0) is 80.4 Å². The van der Waals surface area contributed by atoms with Gasteiger partial charge in [-0.25, -0.2) is 0 Å². The average molecular weight is 560 g/mol. The van der Waals surface area contributed by atoms with Crippen molar-refractivity contribution in [2.75, 3.05) is 11.5 Å². The molecule has 5 aromatic rings. The summed E-state index contributed by atoms with van der Waals surface area (Å²) in [4.78, 5) is 41.5. The van der Waals surface area contributed by atoms with Crippen LogP contribution in [0.2, 0.25) is 0 Å². The van der Waals surface area contributed by atoms with Gasteiger partial charge in [-0.3, -0.25) is 19.3 Å². The average Bonchev–Trinajstić information content (AvgIpc) is 3.29. The van der Waals surface area contributed by atoms with Gasteiger partial charge in [-0.1, -0.05) is 48.0 Å². The summed E-state index contributed by atoms with van der Waals surface area (Å²) in [6, 6.07) is 26.6. The first-order chi connectivity index (χ1) is 20.4. The van der Waals surface area contributed by atoms with Crippen molar-refractivity contribution >= 4 is 28.3 Å². The highest BCUT2D eigenvalue weighted by atomic mass is 16.5. The van der Waals surface area contributed by atoms with Crippen LogP contribution in [0.4, 0.5) is 5.69 Å². The van der Waals surface area contributed by atoms with Crippen LogP contribution in [-0.4, -0.2) is 18.3 Å². The zero-order valence-corrected chi connectivity index (χ0v) is 23.5. The van der Waals surface area contributed by atoms with Gasteiger partial charge in [0.15, 0.2) is 22.7 Å². The quantitative estimate of drug-likeness (QED) is 0.190. The Hall–Kier alpha value is -5.17. The number of Topliss-reactive ketones (excluding diaryl/α,β-unsaturated/α-hetero) is 1. The number of ketones is 1. The third kappa shape index (κ3) is 4.83. The van der Waals surface area contributed by atoms with Crippen molar-refractivity contribution in [2.24, 2.45) is 0 Å². The maximum absolute atomic E-state index is 14.0. The maximum atomic E-state index is 14.0. The van der Waals surface area contributed by atoms with Crippen molar-refractivity contribution in [1.29, 1.82) is 0 Å². The molecule has 0 spiro atoms. The summed E-state index contributed by atoms with van der Waals surface area (Å²) in [6.45, 7) is 6.03. The van der Waals surface area contributed by atoms with Crippen LogP contribution in [0.25, 0.3) is 11.0 Å². The molecule has 7 nitrogen and oxygen atoms in total. The molecule has 0 saturated heterocycles. The minimum absolute atomic E-state index is 0.000591. The number of carbonyl (C=O) groups is 2. The molecule has 0 radical (unpaired) electrons. The maximum Gasteiger partial charge on any atom is 0.295 e. The molecule has 0 fully saturated rings. The first kappa shape index (κ1) is 27.0. The van der Waals surface area contributed by atoms with Crippen LogP contribution in [0.5, 0.6) is 11.5 Å². The van der Waals surface area contributed by atoms with Crippen LogP contribution in [0.3, 0.4) is 0 Å². The summed E-state index contributed by atoms with van der Waals surface area (Å²) < 4.78 is 18.2. The van der Waals surface area contributed by atoms with Crippen molar-refractivity contribution < 1.29 is 23.5 Å². The fraction of sp³-hybridized carbons (Fsp3) is 0.171. The van der Waals surface area contributed by atoms with Crippen LogP contribution in [0.15, 0.2) is 100 Å². The number of rotatable bonds is 8. The molecule has 1 atom stereocenters. The molecule has 1 amide bonds. The van der Waals surface area contributed by atoms with Gasteiger partial charge in [0.25, 0.3) is 5.91 Å². The number of anilines is 1. The molecule has 0 N–H and O–H groups in total. The Bertz CT molecular complexity index is 1870. The number of aryl methyl sites for hydroxylation is 1. The fourth-order valence-corrected chi connectivity index (χ4v) is 5.34. The van der Waals surface area contributed by atoms with Crippen molar-refractivity contribution in [1.82, 2.24) is 0 Å². The summed E-state index contributed by atoms with van der Waals surface area (Å²) in [5, 5.41) is 0.410. The third-order valence-electron chi connectivity index (χ3n) is 7.40. The fourth-order valence-electron chi connectivity index (χ4n) is 5.34. The van der Waals surface area contributed by atoms with Crippen molar-refractivity contribution in [3.8, 4) is 11.5 Å². The number of fused-ring (bicyclic) bond motifs is 2. The lowest BCUT2D eigenvalue weighted by atomic mass is 9.97. The molecule has 4 aromatic carbocycles. The largest absolute Gasteiger partial charge is 0.490 e. The van der Waals surface area contributed by atoms with Gasteiger partial charge in [0.1, 0.15) is 12.2 Å². The number of amides is 1. The predicted molar refractivity (Wildman–Crippen MR) is 161 cm³/mol. The van der Waals surface area contributed by atoms with Gasteiger partial charge >= 0.3 is 0 Å². The number of nitrogens with zero attached hydrogens (tertiary/aromatic N) is 1. The monoisotopic (exact) mass is 559 g/mol. The minimum atomic E-state index is -0.792. The molecule has 7 heteroatoms. The number of hydrogen-bond donors (Lipinski definition) is 0. The Morgan fingerprint density at radius 3 is 2.36 bits per heavy atom. The van der Waals surface area contributed by atoms with E-state index in [2.05, 4.69) is 0 Å². The van der Waals surface area contributed by atoms with E-state index in [-0.39, 0.29) is 22.5 Å². The summed E-state index contributed by atoms with van der Waals surface area (Å²) >= 11 is 0. The van der Waals surface area contributed by atoms with Gasteiger partial charge < -0.3 is 13.9 Å². The lowest BCUT2D eigenvalue weighted by Gasteiger charge is -2.26. The molecule has 0 saturated carbocycles. The standard InChI is InChI=1S/C35H29NO6/c1-4-40-30-19-25(13-17-29(30)41-20-23-8-6-5-7-9-23)32-31-33(38)27-18-21(2)10-16-28(27)42-34(31)35(39)36(32)26-14-11-24(12-15-26)22(3)37/h5-19,32H,4,20H2,1-3H3. The van der Waals surface area contributed by atoms with Gasteiger partial charge in [0.05, 0.1) is 23.6 Å². The number of hydrogen-bond acceptors (Lipinski definition) is 6. The predicted octanol–water partition coefficient (Wildman–Crippen LogP) is 7.03. The second-order valence-electron chi connectivity index (χ2n) is 10.3. The second-order valence-corrected chi connectivity index (χ2v) is 10.3. The molecular weight excluding hydrogens is 530 g/mol. The van der Waals surface area contributed by atoms with E-state index < -0.39 is 11.9 Å². The molecule has 1 aliphatic rings. The van der Waals surface area contributed by atoms with Crippen LogP contribution in [-0.2, 0) is 6.61 Å². The molecule has 1 unspecified atom stereocenters. The summed E-state index contributed by atoms with van der Waals surface area (Å²) in [5.41, 5.74) is 3.98. The van der Waals surface area contributed by atoms with Gasteiger partial charge in [-0.2, -0.15) is 0 Å². The zero-order chi connectivity index (χ0) is 29.4. The van der Waals surface area contributed by atoms with E-state index >= 15 is 0 Å². The summed E-state index contributed by atoms with van der Waals surface area (Å²) in [6.07, 6.45) is 0. The Morgan fingerprint density at radius 2 is 1.64 bits per heavy atom. The van der Waals surface area contributed by atoms with E-state index in [4.69, 9.17) is 13.9 Å². The van der Waals surface area contributed by atoms with Crippen LogP contribution < -0.4 is 19.8 Å². The van der Waals surface area contributed by atoms with Crippen molar-refractivity contribution in [3.63, 3.8) is 0 Å². The van der Waals surface area contributed by atoms with E-state index in [9.17, 15) is 14.4 Å². The second kappa shape index (κ2) is 11.0. The molecule has 0 bridgehead atoms. The Kier molecular flexibility index (Phi) is 7.08. The van der Waals surface area contributed by atoms with Crippen LogP contribution >= 0.6 is 0 Å². The van der Waals surface area contributed by atoms with Gasteiger partial charge in [-0.15, -0.1) is 0 Å². The summed E-state index contributed by atoms with van der Waals surface area (Å²) in [5.74, 6) is 0.527. The molecule has 2 heterocycles. The van der Waals surface area contributed by atoms with E-state index in [1.165, 1.54) is 6.92 Å². The first-order valence-corrected chi connectivity index (χ1v) is 13.8. The lowest BCUT2D eigenvalue weighted by Crippen LogP contribution is -2.29. The Labute approximate surface area is 242 Å². The smallest absolute Gasteiger partial charge is 0.295 e. The molecule has 0 aliphatic carbocycles. The molecule has 1 aromatic heterocycles. The lowest BCUT2D eigenvalue weighted by molar-refractivity contribution is 0.0970. The minimum Gasteiger partial charge on any atom is -0.490 e. The molecule has 42 heavy (non-hydrogen) atoms. The summed E-state index contributed by atoms with van der Waals surface area (Å²) in [7, 11) is 0. The SMILES string of the molecule is CCOc1cc(C2c3c(oc4ccc(C)cc4c3=O)C(=O)N2c2ccc(C(C)=O)cc2)ccc1OCc1ccccc1. The van der Waals surface area contributed by atoms with Gasteiger partial charge in [0, 0.05) is 11.3 Å². The molecule has 6 rings (SSSR count). The van der Waals surface area contributed by atoms with E-state index in [1.807, 2.05) is 62.4 Å². The van der Waals surface area contributed by atoms with Gasteiger partial charge in [0.2, 0.25) is 5.76 Å². The van der Waals surface area contributed by atoms with E-state index in [1.54, 1.807) is 47.4 Å². The highest BCUT2D eigenvalue weighted by Gasteiger charge is 2.44. The van der Waals surface area contributed by atoms with E-state index in [0.717, 1.165) is 11.1 Å². The number of ether oxygens (including phenoxy) is 2. The molecular formula is C35H29NO6.